The summed E-state index contributed by atoms with van der Waals surface area (Å²) < 4.78 is 18.4. The minimum absolute atomic E-state index is 0.0167. The number of carboxylic acid groups (broad SMARTS) is 1. The van der Waals surface area contributed by atoms with Crippen LogP contribution in [0.25, 0.3) is 0 Å². The summed E-state index contributed by atoms with van der Waals surface area (Å²) in [6.45, 7) is 3.39. The quantitative estimate of drug-likeness (QED) is 0.800. The maximum absolute atomic E-state index is 13.2. The monoisotopic (exact) mass is 283 g/mol. The minimum Gasteiger partial charge on any atom is -0.490 e. The number of ether oxygens (including phenoxy) is 1. The van der Waals surface area contributed by atoms with E-state index in [1.807, 2.05) is 0 Å². The lowest BCUT2D eigenvalue weighted by molar-refractivity contribution is -0.143. The Morgan fingerprint density at radius 3 is 2.55 bits per heavy atom. The summed E-state index contributed by atoms with van der Waals surface area (Å²) in [7, 11) is 0. The fourth-order valence-electron chi connectivity index (χ4n) is 1.57. The van der Waals surface area contributed by atoms with Crippen molar-refractivity contribution in [1.82, 2.24) is 5.32 Å². The molecule has 6 heteroatoms. The van der Waals surface area contributed by atoms with Gasteiger partial charge in [-0.25, -0.2) is 9.18 Å². The number of benzene rings is 1. The smallest absolute Gasteiger partial charge is 0.326 e. The highest BCUT2D eigenvalue weighted by Crippen LogP contribution is 2.15. The molecule has 0 fully saturated rings. The first-order valence-electron chi connectivity index (χ1n) is 6.31. The first-order chi connectivity index (χ1) is 9.41. The SMILES string of the molecule is CC(C)[C@@H](NC(=O)CCOc1ccccc1F)C(=O)O. The van der Waals surface area contributed by atoms with Crippen LogP contribution >= 0.6 is 0 Å². The van der Waals surface area contributed by atoms with Crippen LogP contribution < -0.4 is 10.1 Å². The van der Waals surface area contributed by atoms with Crippen LogP contribution in [-0.2, 0) is 9.59 Å². The van der Waals surface area contributed by atoms with Crippen molar-refractivity contribution in [2.75, 3.05) is 6.61 Å². The molecule has 0 aromatic heterocycles. The van der Waals surface area contributed by atoms with Crippen LogP contribution in [-0.4, -0.2) is 29.6 Å². The highest BCUT2D eigenvalue weighted by atomic mass is 19.1. The van der Waals surface area contributed by atoms with Gasteiger partial charge in [0.2, 0.25) is 5.91 Å². The van der Waals surface area contributed by atoms with E-state index < -0.39 is 23.7 Å². The summed E-state index contributed by atoms with van der Waals surface area (Å²) in [4.78, 5) is 22.5. The van der Waals surface area contributed by atoms with Crippen LogP contribution in [0.4, 0.5) is 4.39 Å². The topological polar surface area (TPSA) is 75.6 Å². The Morgan fingerprint density at radius 2 is 2.00 bits per heavy atom. The van der Waals surface area contributed by atoms with Gasteiger partial charge in [0, 0.05) is 0 Å². The molecule has 1 aromatic rings. The van der Waals surface area contributed by atoms with E-state index in [4.69, 9.17) is 9.84 Å². The van der Waals surface area contributed by atoms with Crippen molar-refractivity contribution in [2.45, 2.75) is 26.3 Å². The Hall–Kier alpha value is -2.11. The molecule has 110 valence electrons. The Morgan fingerprint density at radius 1 is 1.35 bits per heavy atom. The zero-order valence-electron chi connectivity index (χ0n) is 11.4. The highest BCUT2D eigenvalue weighted by Gasteiger charge is 2.23. The maximum atomic E-state index is 13.2. The number of carboxylic acids is 1. The summed E-state index contributed by atoms with van der Waals surface area (Å²) in [6.07, 6.45) is -0.0369. The van der Waals surface area contributed by atoms with Crippen molar-refractivity contribution in [1.29, 1.82) is 0 Å². The Bertz CT molecular complexity index is 476. The number of para-hydroxylation sites is 1. The van der Waals surface area contributed by atoms with Gasteiger partial charge in [0.1, 0.15) is 6.04 Å². The van der Waals surface area contributed by atoms with Gasteiger partial charge < -0.3 is 15.2 Å². The highest BCUT2D eigenvalue weighted by molar-refractivity contribution is 5.83. The van der Waals surface area contributed by atoms with Crippen LogP contribution in [0.2, 0.25) is 0 Å². The zero-order chi connectivity index (χ0) is 15.1. The second-order valence-electron chi connectivity index (χ2n) is 4.66. The second-order valence-corrected chi connectivity index (χ2v) is 4.66. The molecule has 2 N–H and O–H groups in total. The molecule has 1 aromatic carbocycles. The number of carbonyl (C=O) groups is 2. The Labute approximate surface area is 116 Å². The van der Waals surface area contributed by atoms with E-state index in [-0.39, 0.29) is 24.7 Å². The third-order valence-corrected chi connectivity index (χ3v) is 2.67. The van der Waals surface area contributed by atoms with Gasteiger partial charge in [-0.2, -0.15) is 0 Å². The molecule has 0 aliphatic heterocycles. The van der Waals surface area contributed by atoms with Gasteiger partial charge >= 0.3 is 5.97 Å². The van der Waals surface area contributed by atoms with Crippen molar-refractivity contribution in [3.05, 3.63) is 30.1 Å². The normalized spacial score (nSPS) is 12.0. The predicted octanol–water partition coefficient (Wildman–Crippen LogP) is 1.82. The third kappa shape index (κ3) is 4.87. The molecule has 0 aliphatic carbocycles. The molecular weight excluding hydrogens is 265 g/mol. The number of halogens is 1. The molecular formula is C14H18FNO4. The van der Waals surface area contributed by atoms with E-state index in [1.165, 1.54) is 18.2 Å². The molecule has 1 rings (SSSR count). The van der Waals surface area contributed by atoms with Gasteiger partial charge in [-0.1, -0.05) is 26.0 Å². The summed E-state index contributed by atoms with van der Waals surface area (Å²) >= 11 is 0. The number of carbonyl (C=O) groups excluding carboxylic acids is 1. The number of rotatable bonds is 7. The lowest BCUT2D eigenvalue weighted by Crippen LogP contribution is -2.44. The molecule has 0 unspecified atom stereocenters. The number of hydrogen-bond donors (Lipinski definition) is 2. The first-order valence-corrected chi connectivity index (χ1v) is 6.31. The molecule has 0 heterocycles. The molecule has 0 bridgehead atoms. The van der Waals surface area contributed by atoms with Crippen LogP contribution in [0.1, 0.15) is 20.3 Å². The van der Waals surface area contributed by atoms with Gasteiger partial charge in [-0.3, -0.25) is 4.79 Å². The van der Waals surface area contributed by atoms with Gasteiger partial charge in [0.05, 0.1) is 13.0 Å². The van der Waals surface area contributed by atoms with E-state index >= 15 is 0 Å². The number of nitrogens with one attached hydrogen (secondary N) is 1. The molecule has 0 saturated carbocycles. The fraction of sp³-hybridized carbons (Fsp3) is 0.429. The van der Waals surface area contributed by atoms with Crippen LogP contribution in [0.3, 0.4) is 0 Å². The van der Waals surface area contributed by atoms with Crippen molar-refractivity contribution in [3.63, 3.8) is 0 Å². The number of hydrogen-bond acceptors (Lipinski definition) is 3. The second kappa shape index (κ2) is 7.47. The Balaban J connectivity index is 2.40. The van der Waals surface area contributed by atoms with Crippen LogP contribution in [0, 0.1) is 11.7 Å². The average Bonchev–Trinajstić information content (AvgIpc) is 2.37. The summed E-state index contributed by atoms with van der Waals surface area (Å²) in [5.74, 6) is -2.17. The molecule has 20 heavy (non-hydrogen) atoms. The molecule has 1 amide bonds. The van der Waals surface area contributed by atoms with Crippen molar-refractivity contribution in [3.8, 4) is 5.75 Å². The lowest BCUT2D eigenvalue weighted by atomic mass is 10.0. The van der Waals surface area contributed by atoms with Crippen molar-refractivity contribution >= 4 is 11.9 Å². The third-order valence-electron chi connectivity index (χ3n) is 2.67. The van der Waals surface area contributed by atoms with Crippen molar-refractivity contribution < 1.29 is 23.8 Å². The molecule has 0 aliphatic rings. The summed E-state index contributed by atoms with van der Waals surface area (Å²) in [5, 5.41) is 11.3. The maximum Gasteiger partial charge on any atom is 0.326 e. The largest absolute Gasteiger partial charge is 0.490 e. The van der Waals surface area contributed by atoms with Gasteiger partial charge in [-0.05, 0) is 18.1 Å². The molecule has 5 nitrogen and oxygen atoms in total. The van der Waals surface area contributed by atoms with E-state index in [0.29, 0.717) is 0 Å². The molecule has 0 radical (unpaired) electrons. The first kappa shape index (κ1) is 15.9. The van der Waals surface area contributed by atoms with Crippen LogP contribution in [0.15, 0.2) is 24.3 Å². The fourth-order valence-corrected chi connectivity index (χ4v) is 1.57. The minimum atomic E-state index is -1.08. The summed E-state index contributed by atoms with van der Waals surface area (Å²) in [5.41, 5.74) is 0. The standard InChI is InChI=1S/C14H18FNO4/c1-9(2)13(14(18)19)16-12(17)7-8-20-11-6-4-3-5-10(11)15/h3-6,9,13H,7-8H2,1-2H3,(H,16,17)(H,18,19)/t13-/m1/s1. The van der Waals surface area contributed by atoms with E-state index in [9.17, 15) is 14.0 Å². The molecule has 1 atom stereocenters. The van der Waals surface area contributed by atoms with E-state index in [1.54, 1.807) is 19.9 Å². The van der Waals surface area contributed by atoms with Crippen molar-refractivity contribution in [2.24, 2.45) is 5.92 Å². The summed E-state index contributed by atoms with van der Waals surface area (Å²) in [6, 6.07) is 4.94. The van der Waals surface area contributed by atoms with Crippen LogP contribution in [0.5, 0.6) is 5.75 Å². The average molecular weight is 283 g/mol. The lowest BCUT2D eigenvalue weighted by Gasteiger charge is -2.17. The Kier molecular flexibility index (Phi) is 5.96. The van der Waals surface area contributed by atoms with Gasteiger partial charge in [-0.15, -0.1) is 0 Å². The number of amides is 1. The van der Waals surface area contributed by atoms with E-state index in [2.05, 4.69) is 5.32 Å². The zero-order valence-corrected chi connectivity index (χ0v) is 11.4. The van der Waals surface area contributed by atoms with E-state index in [0.717, 1.165) is 0 Å². The van der Waals surface area contributed by atoms with Gasteiger partial charge in [0.25, 0.3) is 0 Å². The van der Waals surface area contributed by atoms with Gasteiger partial charge in [0.15, 0.2) is 11.6 Å². The predicted molar refractivity (Wildman–Crippen MR) is 70.9 cm³/mol. The molecule has 0 spiro atoms. The molecule has 0 saturated heterocycles. The number of aliphatic carboxylic acids is 1.